The summed E-state index contributed by atoms with van der Waals surface area (Å²) in [5.41, 5.74) is 1.72. The Morgan fingerprint density at radius 1 is 1.17 bits per heavy atom. The zero-order valence-corrected chi connectivity index (χ0v) is 12.2. The largest absolute Gasteiger partial charge is 0.497 e. The molecule has 2 nitrogen and oxygen atoms in total. The number of halogens is 1. The first-order valence-corrected chi connectivity index (χ1v) is 6.68. The monoisotopic (exact) mass is 352 g/mol. The van der Waals surface area contributed by atoms with Crippen LogP contribution in [0.4, 0.5) is 0 Å². The molecule has 0 saturated heterocycles. The standard InChI is InChI=1S/C15H13IO2/c1-18-14-4-2-3-12(10-14)15(17)9-11-5-7-13(16)8-6-11/h2-8,10H,9H2,1H3. The Kier molecular flexibility index (Phi) is 4.36. The maximum absolute atomic E-state index is 12.1. The van der Waals surface area contributed by atoms with Crippen LogP contribution in [-0.2, 0) is 6.42 Å². The highest BCUT2D eigenvalue weighted by molar-refractivity contribution is 14.1. The molecule has 0 amide bonds. The molecule has 0 fully saturated rings. The summed E-state index contributed by atoms with van der Waals surface area (Å²) in [6.45, 7) is 0. The number of ether oxygens (including phenoxy) is 1. The minimum absolute atomic E-state index is 0.107. The highest BCUT2D eigenvalue weighted by atomic mass is 127. The van der Waals surface area contributed by atoms with E-state index in [1.54, 1.807) is 13.2 Å². The number of rotatable bonds is 4. The predicted molar refractivity (Wildman–Crippen MR) is 80.2 cm³/mol. The molecule has 2 aromatic rings. The van der Waals surface area contributed by atoms with E-state index < -0.39 is 0 Å². The van der Waals surface area contributed by atoms with Crippen LogP contribution in [0.3, 0.4) is 0 Å². The Hall–Kier alpha value is -1.36. The van der Waals surface area contributed by atoms with E-state index in [2.05, 4.69) is 22.6 Å². The van der Waals surface area contributed by atoms with Gasteiger partial charge in [0, 0.05) is 15.6 Å². The van der Waals surface area contributed by atoms with E-state index in [9.17, 15) is 4.79 Å². The fraction of sp³-hybridized carbons (Fsp3) is 0.133. The summed E-state index contributed by atoms with van der Waals surface area (Å²) in [6, 6.07) is 15.2. The Balaban J connectivity index is 2.14. The molecule has 0 aromatic heterocycles. The molecule has 0 saturated carbocycles. The van der Waals surface area contributed by atoms with Gasteiger partial charge in [-0.05, 0) is 52.4 Å². The van der Waals surface area contributed by atoms with Crippen LogP contribution in [-0.4, -0.2) is 12.9 Å². The van der Waals surface area contributed by atoms with Crippen molar-refractivity contribution in [2.75, 3.05) is 7.11 Å². The molecule has 0 atom stereocenters. The minimum Gasteiger partial charge on any atom is -0.497 e. The van der Waals surface area contributed by atoms with E-state index in [1.165, 1.54) is 3.57 Å². The Labute approximate surface area is 120 Å². The molecule has 2 rings (SSSR count). The van der Waals surface area contributed by atoms with Gasteiger partial charge < -0.3 is 4.74 Å². The molecule has 0 bridgehead atoms. The topological polar surface area (TPSA) is 26.3 Å². The quantitative estimate of drug-likeness (QED) is 0.619. The van der Waals surface area contributed by atoms with E-state index in [0.29, 0.717) is 17.7 Å². The van der Waals surface area contributed by atoms with E-state index in [-0.39, 0.29) is 5.78 Å². The summed E-state index contributed by atoms with van der Waals surface area (Å²) in [4.78, 5) is 12.1. The second kappa shape index (κ2) is 6.00. The van der Waals surface area contributed by atoms with Gasteiger partial charge in [0.05, 0.1) is 7.11 Å². The lowest BCUT2D eigenvalue weighted by Crippen LogP contribution is -2.03. The van der Waals surface area contributed by atoms with Crippen LogP contribution in [0.15, 0.2) is 48.5 Å². The van der Waals surface area contributed by atoms with Gasteiger partial charge in [0.1, 0.15) is 5.75 Å². The lowest BCUT2D eigenvalue weighted by Gasteiger charge is -2.04. The zero-order valence-electron chi connectivity index (χ0n) is 10.0. The number of Topliss-reactive ketones (excluding diaryl/α,β-unsaturated/α-hetero) is 1. The summed E-state index contributed by atoms with van der Waals surface area (Å²) >= 11 is 2.25. The fourth-order valence-electron chi connectivity index (χ4n) is 1.69. The average Bonchev–Trinajstić information content (AvgIpc) is 2.41. The van der Waals surface area contributed by atoms with E-state index in [4.69, 9.17) is 4.74 Å². The molecule has 92 valence electrons. The van der Waals surface area contributed by atoms with Crippen molar-refractivity contribution in [2.24, 2.45) is 0 Å². The lowest BCUT2D eigenvalue weighted by atomic mass is 10.0. The molecule has 2 aromatic carbocycles. The molecule has 0 heterocycles. The van der Waals surface area contributed by atoms with Gasteiger partial charge in [-0.1, -0.05) is 24.3 Å². The van der Waals surface area contributed by atoms with Crippen LogP contribution in [0.2, 0.25) is 0 Å². The van der Waals surface area contributed by atoms with Gasteiger partial charge in [0.15, 0.2) is 5.78 Å². The maximum atomic E-state index is 12.1. The van der Waals surface area contributed by atoms with Crippen molar-refractivity contribution in [1.82, 2.24) is 0 Å². The molecule has 0 radical (unpaired) electrons. The first-order valence-electron chi connectivity index (χ1n) is 5.61. The van der Waals surface area contributed by atoms with E-state index in [1.807, 2.05) is 42.5 Å². The first-order chi connectivity index (χ1) is 8.69. The van der Waals surface area contributed by atoms with Crippen molar-refractivity contribution < 1.29 is 9.53 Å². The van der Waals surface area contributed by atoms with Gasteiger partial charge >= 0.3 is 0 Å². The molecule has 0 aliphatic rings. The Morgan fingerprint density at radius 3 is 2.56 bits per heavy atom. The van der Waals surface area contributed by atoms with Gasteiger partial charge in [-0.15, -0.1) is 0 Å². The van der Waals surface area contributed by atoms with E-state index in [0.717, 1.165) is 5.56 Å². The molecule has 3 heteroatoms. The van der Waals surface area contributed by atoms with Crippen LogP contribution in [0, 0.1) is 3.57 Å². The third-order valence-corrected chi connectivity index (χ3v) is 3.39. The van der Waals surface area contributed by atoms with Crippen LogP contribution >= 0.6 is 22.6 Å². The van der Waals surface area contributed by atoms with Crippen LogP contribution in [0.5, 0.6) is 5.75 Å². The molecule has 0 unspecified atom stereocenters. The summed E-state index contributed by atoms with van der Waals surface area (Å²) in [6.07, 6.45) is 0.421. The second-order valence-electron chi connectivity index (χ2n) is 3.96. The highest BCUT2D eigenvalue weighted by Crippen LogP contribution is 2.15. The van der Waals surface area contributed by atoms with Gasteiger partial charge in [0.25, 0.3) is 0 Å². The van der Waals surface area contributed by atoms with Gasteiger partial charge in [-0.3, -0.25) is 4.79 Å². The molecule has 18 heavy (non-hydrogen) atoms. The number of carbonyl (C=O) groups excluding carboxylic acids is 1. The molecule has 0 spiro atoms. The third-order valence-electron chi connectivity index (χ3n) is 2.67. The predicted octanol–water partition coefficient (Wildman–Crippen LogP) is 3.73. The molecule has 0 aliphatic heterocycles. The van der Waals surface area contributed by atoms with Crippen LogP contribution < -0.4 is 4.74 Å². The zero-order chi connectivity index (χ0) is 13.0. The smallest absolute Gasteiger partial charge is 0.167 e. The molecular weight excluding hydrogens is 339 g/mol. The maximum Gasteiger partial charge on any atom is 0.167 e. The van der Waals surface area contributed by atoms with Gasteiger partial charge in [0.2, 0.25) is 0 Å². The van der Waals surface area contributed by atoms with Crippen LogP contribution in [0.25, 0.3) is 0 Å². The average molecular weight is 352 g/mol. The summed E-state index contributed by atoms with van der Waals surface area (Å²) < 4.78 is 6.29. The van der Waals surface area contributed by atoms with Crippen LogP contribution in [0.1, 0.15) is 15.9 Å². The summed E-state index contributed by atoms with van der Waals surface area (Å²) in [5.74, 6) is 0.818. The molecule has 0 aliphatic carbocycles. The fourth-order valence-corrected chi connectivity index (χ4v) is 2.05. The number of hydrogen-bond acceptors (Lipinski definition) is 2. The highest BCUT2D eigenvalue weighted by Gasteiger charge is 2.07. The normalized spacial score (nSPS) is 10.1. The van der Waals surface area contributed by atoms with Crippen molar-refractivity contribution in [3.63, 3.8) is 0 Å². The number of carbonyl (C=O) groups is 1. The Morgan fingerprint density at radius 2 is 1.89 bits per heavy atom. The third kappa shape index (κ3) is 3.32. The lowest BCUT2D eigenvalue weighted by molar-refractivity contribution is 0.0992. The summed E-state index contributed by atoms with van der Waals surface area (Å²) in [5, 5.41) is 0. The molecular formula is C15H13IO2. The van der Waals surface area contributed by atoms with Crippen molar-refractivity contribution in [2.45, 2.75) is 6.42 Å². The van der Waals surface area contributed by atoms with Crippen molar-refractivity contribution in [1.29, 1.82) is 0 Å². The number of methoxy groups -OCH3 is 1. The number of benzene rings is 2. The minimum atomic E-state index is 0.107. The second-order valence-corrected chi connectivity index (χ2v) is 5.20. The van der Waals surface area contributed by atoms with E-state index >= 15 is 0 Å². The van der Waals surface area contributed by atoms with Crippen molar-refractivity contribution in [3.8, 4) is 5.75 Å². The van der Waals surface area contributed by atoms with Gasteiger partial charge in [-0.2, -0.15) is 0 Å². The SMILES string of the molecule is COc1cccc(C(=O)Cc2ccc(I)cc2)c1. The van der Waals surface area contributed by atoms with Crippen molar-refractivity contribution in [3.05, 3.63) is 63.2 Å². The van der Waals surface area contributed by atoms with Crippen molar-refractivity contribution >= 4 is 28.4 Å². The Bertz CT molecular complexity index is 547. The van der Waals surface area contributed by atoms with Gasteiger partial charge in [-0.25, -0.2) is 0 Å². The number of hydrogen-bond donors (Lipinski definition) is 0. The first kappa shape index (κ1) is 13.1. The number of ketones is 1. The molecule has 0 N–H and O–H groups in total. The summed E-state index contributed by atoms with van der Waals surface area (Å²) in [7, 11) is 1.60.